The van der Waals surface area contributed by atoms with Crippen molar-refractivity contribution < 1.29 is 4.79 Å². The van der Waals surface area contributed by atoms with Crippen LogP contribution < -0.4 is 10.2 Å². The van der Waals surface area contributed by atoms with Crippen molar-refractivity contribution in [3.8, 4) is 0 Å². The van der Waals surface area contributed by atoms with E-state index in [0.29, 0.717) is 23.1 Å². The number of aryl methyl sites for hydroxylation is 1. The van der Waals surface area contributed by atoms with Gasteiger partial charge in [-0.2, -0.15) is 0 Å². The van der Waals surface area contributed by atoms with Crippen LogP contribution in [0, 0.1) is 0 Å². The minimum absolute atomic E-state index is 0.126. The second-order valence-corrected chi connectivity index (χ2v) is 6.56. The van der Waals surface area contributed by atoms with E-state index < -0.39 is 0 Å². The predicted octanol–water partition coefficient (Wildman–Crippen LogP) is 4.47. The lowest BCUT2D eigenvalue weighted by Crippen LogP contribution is -2.36. The Morgan fingerprint density at radius 1 is 1.04 bits per heavy atom. The Bertz CT molecular complexity index is 943. The smallest absolute Gasteiger partial charge is 0.278 e. The molecule has 0 atom stereocenters. The lowest BCUT2D eigenvalue weighted by Gasteiger charge is -2.29. The Morgan fingerprint density at radius 2 is 1.92 bits per heavy atom. The number of benzene rings is 2. The highest BCUT2D eigenvalue weighted by Gasteiger charge is 2.24. The van der Waals surface area contributed by atoms with Gasteiger partial charge in [-0.15, -0.1) is 10.2 Å². The summed E-state index contributed by atoms with van der Waals surface area (Å²) >= 11 is 5.98. The lowest BCUT2D eigenvalue weighted by atomic mass is 10.0. The van der Waals surface area contributed by atoms with E-state index in [9.17, 15) is 4.79 Å². The number of carbonyl (C=O) groups excluding carboxylic acids is 1. The number of halogens is 1. The predicted molar refractivity (Wildman–Crippen MR) is 103 cm³/mol. The molecule has 1 aliphatic heterocycles. The van der Waals surface area contributed by atoms with Crippen molar-refractivity contribution in [1.29, 1.82) is 0 Å². The molecular formula is C20H17ClN4O. The summed E-state index contributed by atoms with van der Waals surface area (Å²) in [4.78, 5) is 14.6. The number of rotatable bonds is 3. The van der Waals surface area contributed by atoms with Gasteiger partial charge >= 0.3 is 0 Å². The fourth-order valence-corrected chi connectivity index (χ4v) is 3.30. The number of anilines is 3. The van der Waals surface area contributed by atoms with E-state index in [1.54, 1.807) is 29.2 Å². The number of amides is 1. The highest BCUT2D eigenvalue weighted by Crippen LogP contribution is 2.28. The minimum Gasteiger partial charge on any atom is -0.339 e. The van der Waals surface area contributed by atoms with E-state index in [0.717, 1.165) is 24.2 Å². The van der Waals surface area contributed by atoms with Gasteiger partial charge in [-0.3, -0.25) is 4.79 Å². The van der Waals surface area contributed by atoms with Crippen LogP contribution in [0.2, 0.25) is 5.02 Å². The van der Waals surface area contributed by atoms with Gasteiger partial charge in [0.15, 0.2) is 11.5 Å². The average molecular weight is 365 g/mol. The third kappa shape index (κ3) is 3.39. The van der Waals surface area contributed by atoms with Crippen molar-refractivity contribution in [3.05, 3.63) is 76.9 Å². The first kappa shape index (κ1) is 16.5. The first-order valence-corrected chi connectivity index (χ1v) is 8.84. The molecule has 5 nitrogen and oxygen atoms in total. The van der Waals surface area contributed by atoms with Gasteiger partial charge < -0.3 is 10.2 Å². The fourth-order valence-electron chi connectivity index (χ4n) is 3.11. The summed E-state index contributed by atoms with van der Waals surface area (Å²) in [7, 11) is 0. The summed E-state index contributed by atoms with van der Waals surface area (Å²) in [6, 6.07) is 18.8. The Hall–Kier alpha value is -2.92. The van der Waals surface area contributed by atoms with E-state index in [1.807, 2.05) is 30.3 Å². The maximum atomic E-state index is 12.9. The Morgan fingerprint density at radius 3 is 2.73 bits per heavy atom. The minimum atomic E-state index is -0.126. The first-order valence-electron chi connectivity index (χ1n) is 8.47. The van der Waals surface area contributed by atoms with Crippen molar-refractivity contribution in [2.75, 3.05) is 16.8 Å². The molecule has 1 aliphatic rings. The number of nitrogens with one attached hydrogen (secondary N) is 1. The van der Waals surface area contributed by atoms with Crippen LogP contribution in [0.4, 0.5) is 17.2 Å². The highest BCUT2D eigenvalue weighted by molar-refractivity contribution is 6.30. The second-order valence-electron chi connectivity index (χ2n) is 6.13. The molecule has 0 unspecified atom stereocenters. The molecule has 0 bridgehead atoms. The van der Waals surface area contributed by atoms with E-state index in [1.165, 1.54) is 5.56 Å². The molecule has 26 heavy (non-hydrogen) atoms. The monoisotopic (exact) mass is 364 g/mol. The normalized spacial score (nSPS) is 13.2. The molecule has 0 fully saturated rings. The molecule has 1 N–H and O–H groups in total. The standard InChI is InChI=1S/C20H17ClN4O/c21-15-7-3-8-16(13-15)22-19-11-10-17(23-24-19)20(26)25-12-4-6-14-5-1-2-9-18(14)25/h1-3,5,7-11,13H,4,6,12H2,(H,22,24). The number of hydrogen-bond acceptors (Lipinski definition) is 4. The van der Waals surface area contributed by atoms with Gasteiger partial charge in [0.2, 0.25) is 0 Å². The van der Waals surface area contributed by atoms with Crippen LogP contribution in [-0.2, 0) is 6.42 Å². The highest BCUT2D eigenvalue weighted by atomic mass is 35.5. The zero-order valence-electron chi connectivity index (χ0n) is 14.0. The summed E-state index contributed by atoms with van der Waals surface area (Å²) in [6.45, 7) is 0.694. The largest absolute Gasteiger partial charge is 0.339 e. The summed E-state index contributed by atoms with van der Waals surface area (Å²) in [5.41, 5.74) is 3.31. The molecule has 3 aromatic rings. The molecule has 2 aromatic carbocycles. The van der Waals surface area contributed by atoms with Gasteiger partial charge in [-0.1, -0.05) is 35.9 Å². The van der Waals surface area contributed by atoms with Gasteiger partial charge in [0.1, 0.15) is 0 Å². The number of aromatic nitrogens is 2. The molecule has 130 valence electrons. The van der Waals surface area contributed by atoms with Crippen molar-refractivity contribution in [2.24, 2.45) is 0 Å². The molecule has 6 heteroatoms. The lowest BCUT2D eigenvalue weighted by molar-refractivity contribution is 0.0979. The van der Waals surface area contributed by atoms with Crippen molar-refractivity contribution in [3.63, 3.8) is 0 Å². The van der Waals surface area contributed by atoms with Gasteiger partial charge in [0, 0.05) is 22.9 Å². The Labute approximate surface area is 156 Å². The van der Waals surface area contributed by atoms with Crippen LogP contribution in [0.1, 0.15) is 22.5 Å². The Balaban J connectivity index is 1.53. The number of hydrogen-bond donors (Lipinski definition) is 1. The molecule has 0 saturated heterocycles. The summed E-state index contributed by atoms with van der Waals surface area (Å²) in [5.74, 6) is 0.432. The molecular weight excluding hydrogens is 348 g/mol. The van der Waals surface area contributed by atoms with E-state index in [2.05, 4.69) is 21.6 Å². The van der Waals surface area contributed by atoms with Crippen molar-refractivity contribution in [1.82, 2.24) is 10.2 Å². The molecule has 0 aliphatic carbocycles. The zero-order chi connectivity index (χ0) is 17.9. The summed E-state index contributed by atoms with van der Waals surface area (Å²) in [5, 5.41) is 12.0. The fraction of sp³-hybridized carbons (Fsp3) is 0.150. The van der Waals surface area contributed by atoms with Gasteiger partial charge in [-0.25, -0.2) is 0 Å². The number of carbonyl (C=O) groups is 1. The van der Waals surface area contributed by atoms with Crippen molar-refractivity contribution in [2.45, 2.75) is 12.8 Å². The van der Waals surface area contributed by atoms with E-state index in [-0.39, 0.29) is 5.91 Å². The number of nitrogens with zero attached hydrogens (tertiary/aromatic N) is 3. The zero-order valence-corrected chi connectivity index (χ0v) is 14.8. The molecule has 0 saturated carbocycles. The van der Waals surface area contributed by atoms with Crippen LogP contribution in [0.5, 0.6) is 0 Å². The van der Waals surface area contributed by atoms with Crippen molar-refractivity contribution >= 4 is 34.7 Å². The van der Waals surface area contributed by atoms with Crippen LogP contribution in [0.3, 0.4) is 0 Å². The quantitative estimate of drug-likeness (QED) is 0.745. The van der Waals surface area contributed by atoms with Crippen LogP contribution >= 0.6 is 11.6 Å². The SMILES string of the molecule is O=C(c1ccc(Nc2cccc(Cl)c2)nn1)N1CCCc2ccccc21. The topological polar surface area (TPSA) is 58.1 Å². The summed E-state index contributed by atoms with van der Waals surface area (Å²) < 4.78 is 0. The molecule has 1 amide bonds. The van der Waals surface area contributed by atoms with Crippen LogP contribution in [-0.4, -0.2) is 22.6 Å². The maximum Gasteiger partial charge on any atom is 0.278 e. The number of para-hydroxylation sites is 1. The van der Waals surface area contributed by atoms with Gasteiger partial charge in [-0.05, 0) is 54.8 Å². The second kappa shape index (κ2) is 7.14. The maximum absolute atomic E-state index is 12.9. The third-order valence-electron chi connectivity index (χ3n) is 4.34. The van der Waals surface area contributed by atoms with E-state index in [4.69, 9.17) is 11.6 Å². The summed E-state index contributed by atoms with van der Waals surface area (Å²) in [6.07, 6.45) is 1.94. The third-order valence-corrected chi connectivity index (χ3v) is 4.57. The van der Waals surface area contributed by atoms with E-state index >= 15 is 0 Å². The van der Waals surface area contributed by atoms with Gasteiger partial charge in [0.25, 0.3) is 5.91 Å². The Kier molecular flexibility index (Phi) is 4.54. The van der Waals surface area contributed by atoms with Crippen LogP contribution in [0.25, 0.3) is 0 Å². The molecule has 4 rings (SSSR count). The first-order chi connectivity index (χ1) is 12.7. The number of fused-ring (bicyclic) bond motifs is 1. The van der Waals surface area contributed by atoms with Gasteiger partial charge in [0.05, 0.1) is 0 Å². The molecule has 2 heterocycles. The molecule has 0 spiro atoms. The average Bonchev–Trinajstić information content (AvgIpc) is 2.68. The molecule has 1 aromatic heterocycles. The molecule has 0 radical (unpaired) electrons. The van der Waals surface area contributed by atoms with Crippen LogP contribution in [0.15, 0.2) is 60.7 Å².